The number of methoxy groups -OCH3 is 1. The zero-order chi connectivity index (χ0) is 12.1. The van der Waals surface area contributed by atoms with Crippen molar-refractivity contribution in [2.24, 2.45) is 0 Å². The molecular weight excluding hydrogens is 239 g/mol. The lowest BCUT2D eigenvalue weighted by Crippen LogP contribution is -2.38. The molecule has 0 aliphatic rings. The van der Waals surface area contributed by atoms with Gasteiger partial charge in [-0.05, 0) is 6.42 Å². The van der Waals surface area contributed by atoms with E-state index in [2.05, 4.69) is 4.74 Å². The topological polar surface area (TPSA) is 75.6 Å². The molecule has 0 radical (unpaired) electrons. The summed E-state index contributed by atoms with van der Waals surface area (Å²) in [6.07, 6.45) is -1.14. The Labute approximate surface area is 85.3 Å². The molecule has 0 aromatic carbocycles. The number of hydrogen-bond acceptors (Lipinski definition) is 4. The Bertz CT molecular complexity index is 277. The summed E-state index contributed by atoms with van der Waals surface area (Å²) in [5.74, 6) is 0. The number of alkyl halides is 3. The maximum Gasteiger partial charge on any atom is 0.511 e. The van der Waals surface area contributed by atoms with Crippen molar-refractivity contribution in [2.75, 3.05) is 20.3 Å². The molecule has 2 N–H and O–H groups in total. The Morgan fingerprint density at radius 3 is 2.40 bits per heavy atom. The molecule has 1 unspecified atom stereocenters. The van der Waals surface area contributed by atoms with Crippen molar-refractivity contribution in [1.82, 2.24) is 4.72 Å². The largest absolute Gasteiger partial charge is 0.511 e. The number of halogens is 3. The highest BCUT2D eigenvalue weighted by molar-refractivity contribution is 7.90. The van der Waals surface area contributed by atoms with E-state index in [0.29, 0.717) is 0 Å². The van der Waals surface area contributed by atoms with Crippen molar-refractivity contribution >= 4 is 10.0 Å². The summed E-state index contributed by atoms with van der Waals surface area (Å²) in [6, 6.07) is 0. The highest BCUT2D eigenvalue weighted by Crippen LogP contribution is 2.21. The maximum atomic E-state index is 11.8. The fourth-order valence-electron chi connectivity index (χ4n) is 0.717. The summed E-state index contributed by atoms with van der Waals surface area (Å²) in [5.41, 5.74) is -5.32. The third-order valence-electron chi connectivity index (χ3n) is 1.43. The minimum absolute atomic E-state index is 0.0618. The van der Waals surface area contributed by atoms with Gasteiger partial charge in [-0.25, -0.2) is 13.1 Å². The van der Waals surface area contributed by atoms with Gasteiger partial charge in [-0.15, -0.1) is 0 Å². The molecule has 0 heterocycles. The maximum absolute atomic E-state index is 11.8. The molecule has 0 aromatic heterocycles. The first-order chi connectivity index (χ1) is 6.70. The normalized spacial score (nSPS) is 15.3. The van der Waals surface area contributed by atoms with Gasteiger partial charge in [-0.2, -0.15) is 13.2 Å². The van der Waals surface area contributed by atoms with Crippen molar-refractivity contribution < 1.29 is 31.4 Å². The zero-order valence-electron chi connectivity index (χ0n) is 7.91. The summed E-state index contributed by atoms with van der Waals surface area (Å²) in [4.78, 5) is 0. The van der Waals surface area contributed by atoms with Gasteiger partial charge in [-0.1, -0.05) is 0 Å². The van der Waals surface area contributed by atoms with Crippen LogP contribution in [0.5, 0.6) is 0 Å². The Hall–Kier alpha value is -0.380. The van der Waals surface area contributed by atoms with E-state index < -0.39 is 28.2 Å². The number of aliphatic hydroxyl groups excluding tert-OH is 1. The predicted molar refractivity (Wildman–Crippen MR) is 45.5 cm³/mol. The standard InChI is InChI=1S/C6H12F3NO4S/c1-14-4-5(11)2-3-10-15(12,13)6(7,8)9/h5,10-11H,2-4H2,1H3. The van der Waals surface area contributed by atoms with E-state index in [0.717, 1.165) is 0 Å². The number of ether oxygens (including phenoxy) is 1. The summed E-state index contributed by atoms with van der Waals surface area (Å²) in [7, 11) is -4.00. The van der Waals surface area contributed by atoms with Gasteiger partial charge in [0.25, 0.3) is 0 Å². The molecule has 0 rings (SSSR count). The second-order valence-electron chi connectivity index (χ2n) is 2.74. The second-order valence-corrected chi connectivity index (χ2v) is 4.50. The highest BCUT2D eigenvalue weighted by Gasteiger charge is 2.45. The van der Waals surface area contributed by atoms with Crippen LogP contribution in [0.3, 0.4) is 0 Å². The number of sulfonamides is 1. The minimum atomic E-state index is -5.32. The molecule has 92 valence electrons. The lowest BCUT2D eigenvalue weighted by Gasteiger charge is -2.11. The van der Waals surface area contributed by atoms with Gasteiger partial charge in [0.1, 0.15) is 0 Å². The third kappa shape index (κ3) is 5.30. The van der Waals surface area contributed by atoms with Crippen LogP contribution in [0.1, 0.15) is 6.42 Å². The van der Waals surface area contributed by atoms with Gasteiger partial charge in [0.2, 0.25) is 0 Å². The molecule has 0 fully saturated rings. The first-order valence-electron chi connectivity index (χ1n) is 3.93. The van der Waals surface area contributed by atoms with E-state index in [1.54, 1.807) is 0 Å². The van der Waals surface area contributed by atoms with Gasteiger partial charge in [0, 0.05) is 13.7 Å². The molecule has 0 spiro atoms. The van der Waals surface area contributed by atoms with E-state index in [9.17, 15) is 21.6 Å². The predicted octanol–water partition coefficient (Wildman–Crippen LogP) is -0.177. The van der Waals surface area contributed by atoms with Crippen LogP contribution < -0.4 is 4.72 Å². The van der Waals surface area contributed by atoms with Crippen LogP contribution in [0.25, 0.3) is 0 Å². The number of hydrogen-bond donors (Lipinski definition) is 2. The van der Waals surface area contributed by atoms with Crippen molar-refractivity contribution in [3.63, 3.8) is 0 Å². The summed E-state index contributed by atoms with van der Waals surface area (Å²) >= 11 is 0. The quantitative estimate of drug-likeness (QED) is 0.687. The van der Waals surface area contributed by atoms with E-state index in [4.69, 9.17) is 5.11 Å². The molecular formula is C6H12F3NO4S. The highest BCUT2D eigenvalue weighted by atomic mass is 32.2. The first kappa shape index (κ1) is 14.6. The number of rotatable bonds is 6. The average Bonchev–Trinajstić information content (AvgIpc) is 2.01. The summed E-state index contributed by atoms with van der Waals surface area (Å²) in [6.45, 7) is -0.555. The number of nitrogens with one attached hydrogen (secondary N) is 1. The van der Waals surface area contributed by atoms with Crippen LogP contribution in [-0.4, -0.2) is 45.4 Å². The summed E-state index contributed by atoms with van der Waals surface area (Å²) < 4.78 is 62.0. The lowest BCUT2D eigenvalue weighted by molar-refractivity contribution is -0.0449. The third-order valence-corrected chi connectivity index (χ3v) is 2.63. The van der Waals surface area contributed by atoms with E-state index >= 15 is 0 Å². The van der Waals surface area contributed by atoms with Crippen LogP contribution in [0, 0.1) is 0 Å². The molecule has 0 aliphatic carbocycles. The Morgan fingerprint density at radius 2 is 2.00 bits per heavy atom. The van der Waals surface area contributed by atoms with Crippen LogP contribution >= 0.6 is 0 Å². The Morgan fingerprint density at radius 1 is 1.47 bits per heavy atom. The molecule has 0 saturated carbocycles. The van der Waals surface area contributed by atoms with Gasteiger partial charge >= 0.3 is 15.5 Å². The van der Waals surface area contributed by atoms with Crippen molar-refractivity contribution in [3.05, 3.63) is 0 Å². The fraction of sp³-hybridized carbons (Fsp3) is 1.00. The Kier molecular flexibility index (Phi) is 5.49. The minimum Gasteiger partial charge on any atom is -0.391 e. The van der Waals surface area contributed by atoms with Crippen LogP contribution in [-0.2, 0) is 14.8 Å². The van der Waals surface area contributed by atoms with E-state index in [1.807, 2.05) is 0 Å². The Balaban J connectivity index is 3.97. The SMILES string of the molecule is COCC(O)CCNS(=O)(=O)C(F)(F)F. The molecule has 0 amide bonds. The molecule has 0 saturated heterocycles. The second kappa shape index (κ2) is 5.64. The smallest absolute Gasteiger partial charge is 0.391 e. The fourth-order valence-corrected chi connectivity index (χ4v) is 1.27. The van der Waals surface area contributed by atoms with Gasteiger partial charge in [0.05, 0.1) is 12.7 Å². The molecule has 0 bridgehead atoms. The first-order valence-corrected chi connectivity index (χ1v) is 5.42. The van der Waals surface area contributed by atoms with Gasteiger partial charge in [0.15, 0.2) is 0 Å². The molecule has 0 aromatic rings. The van der Waals surface area contributed by atoms with E-state index in [-0.39, 0.29) is 13.0 Å². The van der Waals surface area contributed by atoms with Crippen LogP contribution in [0.2, 0.25) is 0 Å². The van der Waals surface area contributed by atoms with Crippen molar-refractivity contribution in [3.8, 4) is 0 Å². The van der Waals surface area contributed by atoms with Gasteiger partial charge < -0.3 is 9.84 Å². The van der Waals surface area contributed by atoms with Crippen LogP contribution in [0.4, 0.5) is 13.2 Å². The van der Waals surface area contributed by atoms with Gasteiger partial charge in [-0.3, -0.25) is 0 Å². The molecule has 0 aliphatic heterocycles. The average molecular weight is 251 g/mol. The summed E-state index contributed by atoms with van der Waals surface area (Å²) in [5, 5.41) is 9.01. The molecule has 1 atom stereocenters. The monoisotopic (exact) mass is 251 g/mol. The molecule has 9 heteroatoms. The molecule has 15 heavy (non-hydrogen) atoms. The van der Waals surface area contributed by atoms with Crippen molar-refractivity contribution in [1.29, 1.82) is 0 Å². The lowest BCUT2D eigenvalue weighted by atomic mass is 10.3. The molecule has 5 nitrogen and oxygen atoms in total. The number of aliphatic hydroxyl groups is 1. The zero-order valence-corrected chi connectivity index (χ0v) is 8.73. The van der Waals surface area contributed by atoms with Crippen LogP contribution in [0.15, 0.2) is 0 Å². The van der Waals surface area contributed by atoms with E-state index in [1.165, 1.54) is 11.8 Å². The van der Waals surface area contributed by atoms with Crippen molar-refractivity contribution in [2.45, 2.75) is 18.0 Å².